The number of hydrogen-bond acceptors (Lipinski definition) is 3. The summed E-state index contributed by atoms with van der Waals surface area (Å²) in [5, 5.41) is 4.69. The lowest BCUT2D eigenvalue weighted by Crippen LogP contribution is -2.45. The van der Waals surface area contributed by atoms with Gasteiger partial charge in [0, 0.05) is 40.5 Å². The van der Waals surface area contributed by atoms with Gasteiger partial charge in [0.2, 0.25) is 0 Å². The van der Waals surface area contributed by atoms with Gasteiger partial charge in [-0.1, -0.05) is 79.2 Å². The van der Waals surface area contributed by atoms with E-state index in [-0.39, 0.29) is 11.9 Å². The number of hydrogen-bond donors (Lipinski definition) is 2. The number of piperidine rings is 1. The molecule has 212 valence electrons. The quantitative estimate of drug-likeness (QED) is 0.226. The Kier molecular flexibility index (Phi) is 7.87. The van der Waals surface area contributed by atoms with Crippen LogP contribution in [-0.2, 0) is 16.6 Å². The van der Waals surface area contributed by atoms with Crippen molar-refractivity contribution < 1.29 is 9.59 Å². The van der Waals surface area contributed by atoms with E-state index in [1.807, 2.05) is 48.7 Å². The van der Waals surface area contributed by atoms with Gasteiger partial charge >= 0.3 is 6.03 Å². The Morgan fingerprint density at radius 3 is 2.49 bits per heavy atom. The number of para-hydroxylation sites is 1. The molecule has 0 radical (unpaired) electrons. The first-order valence-corrected chi connectivity index (χ1v) is 15.0. The molecule has 2 atom stereocenters. The Labute approximate surface area is 246 Å². The molecule has 1 aromatic heterocycles. The van der Waals surface area contributed by atoms with Gasteiger partial charge < -0.3 is 15.2 Å². The van der Waals surface area contributed by atoms with Crippen LogP contribution in [0.1, 0.15) is 48.8 Å². The molecule has 2 aliphatic rings. The number of H-pyrrole nitrogens is 1. The first kappa shape index (κ1) is 27.6. The van der Waals surface area contributed by atoms with Crippen molar-refractivity contribution in [2.24, 2.45) is 0 Å². The standard InChI is InChI=1S/C34H37ClN4O2/c1-34(27-10-7-11-28(35)21-27,16-19-38-17-14-25(15-18-38)24-8-3-2-4-9-24)23-39-32(40)31(37-33(39)41)20-26-22-36-30-13-6-5-12-29(26)30/h2-13,21-22,25,31,36H,14-20,23H2,1H3,(H,37,41)/t31-,34?/m1/s1. The van der Waals surface area contributed by atoms with Crippen molar-refractivity contribution in [1.82, 2.24) is 20.1 Å². The van der Waals surface area contributed by atoms with E-state index in [1.54, 1.807) is 0 Å². The molecule has 0 spiro atoms. The van der Waals surface area contributed by atoms with Crippen LogP contribution in [0.4, 0.5) is 4.79 Å². The largest absolute Gasteiger partial charge is 0.361 e. The number of nitrogens with zero attached hydrogens (tertiary/aromatic N) is 2. The summed E-state index contributed by atoms with van der Waals surface area (Å²) >= 11 is 6.43. The van der Waals surface area contributed by atoms with E-state index < -0.39 is 11.5 Å². The maximum atomic E-state index is 13.6. The Hall–Kier alpha value is -3.61. The molecule has 7 heteroatoms. The SMILES string of the molecule is CC(CCN1CCC(c2ccccc2)CC1)(CN1C(=O)N[C@H](Cc2c[nH]c3ccccc23)C1=O)c1cccc(Cl)c1. The molecule has 0 aliphatic carbocycles. The fourth-order valence-corrected chi connectivity index (χ4v) is 6.72. The molecule has 4 aromatic rings. The van der Waals surface area contributed by atoms with Crippen molar-refractivity contribution in [1.29, 1.82) is 0 Å². The minimum absolute atomic E-state index is 0.169. The van der Waals surface area contributed by atoms with E-state index in [0.717, 1.165) is 60.9 Å². The lowest BCUT2D eigenvalue weighted by atomic mass is 9.78. The number of aromatic nitrogens is 1. The average molecular weight is 569 g/mol. The van der Waals surface area contributed by atoms with Gasteiger partial charge in [-0.2, -0.15) is 0 Å². The van der Waals surface area contributed by atoms with Crippen LogP contribution in [0.2, 0.25) is 5.02 Å². The van der Waals surface area contributed by atoms with Gasteiger partial charge in [-0.3, -0.25) is 9.69 Å². The summed E-state index contributed by atoms with van der Waals surface area (Å²) in [6, 6.07) is 25.8. The number of nitrogens with one attached hydrogen (secondary N) is 2. The van der Waals surface area contributed by atoms with Gasteiger partial charge in [0.25, 0.3) is 5.91 Å². The van der Waals surface area contributed by atoms with Gasteiger partial charge in [-0.05, 0) is 79.7 Å². The minimum atomic E-state index is -0.581. The Balaban J connectivity index is 1.15. The second-order valence-electron chi connectivity index (χ2n) is 11.8. The fourth-order valence-electron chi connectivity index (χ4n) is 6.53. The molecular weight excluding hydrogens is 532 g/mol. The third kappa shape index (κ3) is 5.90. The number of urea groups is 1. The fraction of sp³-hybridized carbons (Fsp3) is 0.353. The van der Waals surface area contributed by atoms with E-state index >= 15 is 0 Å². The predicted molar refractivity (Wildman–Crippen MR) is 164 cm³/mol. The van der Waals surface area contributed by atoms with Crippen LogP contribution in [0.25, 0.3) is 10.9 Å². The summed E-state index contributed by atoms with van der Waals surface area (Å²) in [7, 11) is 0. The Bertz CT molecular complexity index is 1530. The molecule has 2 aliphatic heterocycles. The Morgan fingerprint density at radius 2 is 1.71 bits per heavy atom. The van der Waals surface area contributed by atoms with E-state index in [1.165, 1.54) is 10.5 Å². The van der Waals surface area contributed by atoms with Gasteiger partial charge in [-0.25, -0.2) is 4.79 Å². The maximum Gasteiger partial charge on any atom is 0.324 e. The van der Waals surface area contributed by atoms with Gasteiger partial charge in [0.05, 0.1) is 0 Å². The highest BCUT2D eigenvalue weighted by Crippen LogP contribution is 2.34. The van der Waals surface area contributed by atoms with E-state index in [4.69, 9.17) is 11.6 Å². The predicted octanol–water partition coefficient (Wildman–Crippen LogP) is 6.51. The molecule has 6 nitrogen and oxygen atoms in total. The van der Waals surface area contributed by atoms with Crippen LogP contribution in [0, 0.1) is 0 Å². The number of rotatable bonds is 9. The van der Waals surface area contributed by atoms with Crippen molar-refractivity contribution in [2.75, 3.05) is 26.2 Å². The molecule has 0 bridgehead atoms. The number of amides is 3. The van der Waals surface area contributed by atoms with Gasteiger partial charge in [0.15, 0.2) is 0 Å². The summed E-state index contributed by atoms with van der Waals surface area (Å²) in [5.41, 5.74) is 4.08. The summed E-state index contributed by atoms with van der Waals surface area (Å²) in [4.78, 5) is 34.0. The zero-order chi connectivity index (χ0) is 28.4. The molecule has 2 saturated heterocycles. The molecule has 2 fully saturated rings. The smallest absolute Gasteiger partial charge is 0.324 e. The monoisotopic (exact) mass is 568 g/mol. The highest BCUT2D eigenvalue weighted by molar-refractivity contribution is 6.30. The zero-order valence-corrected chi connectivity index (χ0v) is 24.2. The van der Waals surface area contributed by atoms with Gasteiger partial charge in [-0.15, -0.1) is 0 Å². The second kappa shape index (κ2) is 11.7. The van der Waals surface area contributed by atoms with Crippen molar-refractivity contribution in [3.05, 3.63) is 107 Å². The van der Waals surface area contributed by atoms with Crippen molar-refractivity contribution in [2.45, 2.75) is 50.0 Å². The number of halogens is 1. The number of aromatic amines is 1. The molecule has 3 heterocycles. The molecule has 6 rings (SSSR count). The van der Waals surface area contributed by atoms with E-state index in [0.29, 0.717) is 23.9 Å². The second-order valence-corrected chi connectivity index (χ2v) is 12.3. The highest BCUT2D eigenvalue weighted by atomic mass is 35.5. The maximum absolute atomic E-state index is 13.6. The minimum Gasteiger partial charge on any atom is -0.361 e. The topological polar surface area (TPSA) is 68.4 Å². The van der Waals surface area contributed by atoms with Crippen LogP contribution in [0.3, 0.4) is 0 Å². The van der Waals surface area contributed by atoms with Crippen molar-refractivity contribution in [3.8, 4) is 0 Å². The summed E-state index contributed by atoms with van der Waals surface area (Å²) in [6.07, 6.45) is 5.48. The molecule has 41 heavy (non-hydrogen) atoms. The number of carbonyl (C=O) groups is 2. The third-order valence-corrected chi connectivity index (χ3v) is 9.31. The first-order chi connectivity index (χ1) is 19.9. The van der Waals surface area contributed by atoms with Gasteiger partial charge in [0.1, 0.15) is 6.04 Å². The Morgan fingerprint density at radius 1 is 0.951 bits per heavy atom. The van der Waals surface area contributed by atoms with Crippen LogP contribution >= 0.6 is 11.6 Å². The van der Waals surface area contributed by atoms with E-state index in [2.05, 4.69) is 58.5 Å². The molecular formula is C34H37ClN4O2. The highest BCUT2D eigenvalue weighted by Gasteiger charge is 2.42. The number of fused-ring (bicyclic) bond motifs is 1. The number of likely N-dealkylation sites (tertiary alicyclic amines) is 1. The normalized spacial score (nSPS) is 20.0. The number of benzene rings is 3. The van der Waals surface area contributed by atoms with Crippen LogP contribution in [0.15, 0.2) is 85.1 Å². The molecule has 3 amide bonds. The average Bonchev–Trinajstić information content (AvgIpc) is 3.52. The van der Waals surface area contributed by atoms with E-state index in [9.17, 15) is 9.59 Å². The summed E-state index contributed by atoms with van der Waals surface area (Å²) in [6.45, 7) is 5.45. The zero-order valence-electron chi connectivity index (χ0n) is 23.5. The van der Waals surface area contributed by atoms with Crippen molar-refractivity contribution >= 4 is 34.4 Å². The lowest BCUT2D eigenvalue weighted by molar-refractivity contribution is -0.128. The first-order valence-electron chi connectivity index (χ1n) is 14.6. The molecule has 0 saturated carbocycles. The van der Waals surface area contributed by atoms with Crippen LogP contribution in [0.5, 0.6) is 0 Å². The summed E-state index contributed by atoms with van der Waals surface area (Å²) in [5.74, 6) is 0.434. The third-order valence-electron chi connectivity index (χ3n) is 9.07. The number of imide groups is 1. The summed E-state index contributed by atoms with van der Waals surface area (Å²) < 4.78 is 0. The van der Waals surface area contributed by atoms with Crippen LogP contribution in [-0.4, -0.2) is 58.9 Å². The lowest BCUT2D eigenvalue weighted by Gasteiger charge is -2.37. The molecule has 3 aromatic carbocycles. The van der Waals surface area contributed by atoms with Crippen molar-refractivity contribution in [3.63, 3.8) is 0 Å². The number of carbonyl (C=O) groups excluding carboxylic acids is 2. The molecule has 1 unspecified atom stereocenters. The van der Waals surface area contributed by atoms with Crippen LogP contribution < -0.4 is 5.32 Å². The molecule has 2 N–H and O–H groups in total.